The summed E-state index contributed by atoms with van der Waals surface area (Å²) in [6, 6.07) is 22.3. The molecular weight excluding hydrogens is 392 g/mol. The van der Waals surface area contributed by atoms with Gasteiger partial charge in [0.05, 0.1) is 18.2 Å². The molecule has 152 valence electrons. The van der Waals surface area contributed by atoms with E-state index in [2.05, 4.69) is 15.2 Å². The van der Waals surface area contributed by atoms with Gasteiger partial charge in [-0.25, -0.2) is 0 Å². The van der Waals surface area contributed by atoms with Crippen molar-refractivity contribution in [2.75, 3.05) is 7.11 Å². The average molecular weight is 410 g/mol. The van der Waals surface area contributed by atoms with Crippen LogP contribution in [-0.2, 0) is 0 Å². The number of nitrogens with zero attached hydrogens (tertiary/aromatic N) is 4. The Morgan fingerprint density at radius 3 is 2.52 bits per heavy atom. The number of rotatable bonds is 4. The molecule has 31 heavy (non-hydrogen) atoms. The van der Waals surface area contributed by atoms with Gasteiger partial charge in [-0.3, -0.25) is 4.79 Å². The lowest BCUT2D eigenvalue weighted by atomic mass is 10.1. The van der Waals surface area contributed by atoms with Crippen LogP contribution in [0.25, 0.3) is 39.4 Å². The molecule has 0 radical (unpaired) electrons. The Morgan fingerprint density at radius 2 is 1.71 bits per heavy atom. The number of hydrogen-bond donors (Lipinski definition) is 0. The third-order valence-corrected chi connectivity index (χ3v) is 5.11. The van der Waals surface area contributed by atoms with Gasteiger partial charge in [0.25, 0.3) is 11.4 Å². The van der Waals surface area contributed by atoms with E-state index < -0.39 is 0 Å². The molecule has 2 heterocycles. The summed E-state index contributed by atoms with van der Waals surface area (Å²) in [5.41, 5.74) is 2.63. The standard InChI is InChI=1S/C24H18N4O3/c1-15-8-3-6-13-20(15)28-24(29)19-12-5-4-11-18(19)21(26-28)23-25-22(27-31-23)16-9-7-10-17(14-16)30-2/h3-14H,1-2H3. The van der Waals surface area contributed by atoms with Gasteiger partial charge in [0.1, 0.15) is 5.75 Å². The van der Waals surface area contributed by atoms with Crippen molar-refractivity contribution in [2.45, 2.75) is 6.92 Å². The minimum absolute atomic E-state index is 0.207. The Morgan fingerprint density at radius 1 is 0.935 bits per heavy atom. The Balaban J connectivity index is 1.72. The number of benzene rings is 3. The summed E-state index contributed by atoms with van der Waals surface area (Å²) in [5, 5.41) is 9.92. The fraction of sp³-hybridized carbons (Fsp3) is 0.0833. The molecule has 5 aromatic rings. The van der Waals surface area contributed by atoms with Gasteiger partial charge in [-0.05, 0) is 36.8 Å². The molecule has 0 fully saturated rings. The molecule has 3 aromatic carbocycles. The number of hydrogen-bond acceptors (Lipinski definition) is 6. The Hall–Kier alpha value is -4.26. The molecular formula is C24H18N4O3. The molecule has 0 aliphatic carbocycles. The number of aromatic nitrogens is 4. The van der Waals surface area contributed by atoms with E-state index in [1.54, 1.807) is 13.2 Å². The monoisotopic (exact) mass is 410 g/mol. The highest BCUT2D eigenvalue weighted by molar-refractivity contribution is 5.92. The number of fused-ring (bicyclic) bond motifs is 1. The maximum absolute atomic E-state index is 13.2. The molecule has 7 heteroatoms. The lowest BCUT2D eigenvalue weighted by Crippen LogP contribution is -2.23. The highest BCUT2D eigenvalue weighted by Crippen LogP contribution is 2.28. The summed E-state index contributed by atoms with van der Waals surface area (Å²) in [6.07, 6.45) is 0. The maximum Gasteiger partial charge on any atom is 0.279 e. The van der Waals surface area contributed by atoms with Gasteiger partial charge >= 0.3 is 0 Å². The van der Waals surface area contributed by atoms with Crippen molar-refractivity contribution in [3.63, 3.8) is 0 Å². The predicted molar refractivity (Wildman–Crippen MR) is 117 cm³/mol. The third-order valence-electron chi connectivity index (χ3n) is 5.11. The zero-order valence-electron chi connectivity index (χ0n) is 16.9. The summed E-state index contributed by atoms with van der Waals surface area (Å²) in [6.45, 7) is 1.94. The van der Waals surface area contributed by atoms with E-state index in [0.717, 1.165) is 11.1 Å². The first-order chi connectivity index (χ1) is 15.2. The molecule has 0 unspecified atom stereocenters. The molecule has 7 nitrogen and oxygen atoms in total. The lowest BCUT2D eigenvalue weighted by molar-refractivity contribution is 0.414. The van der Waals surface area contributed by atoms with E-state index in [0.29, 0.717) is 33.7 Å². The first kappa shape index (κ1) is 18.7. The molecule has 2 aromatic heterocycles. The molecule has 0 spiro atoms. The zero-order valence-corrected chi connectivity index (χ0v) is 16.9. The van der Waals surface area contributed by atoms with Gasteiger partial charge in [0.2, 0.25) is 5.82 Å². The minimum Gasteiger partial charge on any atom is -0.497 e. The van der Waals surface area contributed by atoms with E-state index in [9.17, 15) is 4.79 Å². The van der Waals surface area contributed by atoms with Crippen LogP contribution in [0.5, 0.6) is 5.75 Å². The highest BCUT2D eigenvalue weighted by atomic mass is 16.5. The van der Waals surface area contributed by atoms with E-state index in [1.807, 2.05) is 73.7 Å². The summed E-state index contributed by atoms with van der Waals surface area (Å²) < 4.78 is 12.2. The second-order valence-electron chi connectivity index (χ2n) is 7.05. The van der Waals surface area contributed by atoms with Crippen molar-refractivity contribution < 1.29 is 9.26 Å². The van der Waals surface area contributed by atoms with Crippen LogP contribution in [0.3, 0.4) is 0 Å². The highest BCUT2D eigenvalue weighted by Gasteiger charge is 2.19. The third kappa shape index (κ3) is 3.26. The van der Waals surface area contributed by atoms with Crippen LogP contribution in [0.1, 0.15) is 5.56 Å². The quantitative estimate of drug-likeness (QED) is 0.436. The van der Waals surface area contributed by atoms with Crippen LogP contribution in [0.4, 0.5) is 0 Å². The molecule has 0 aliphatic rings. The van der Waals surface area contributed by atoms with Crippen LogP contribution >= 0.6 is 0 Å². The van der Waals surface area contributed by atoms with Crippen molar-refractivity contribution in [1.82, 2.24) is 19.9 Å². The maximum atomic E-state index is 13.2. The number of ether oxygens (including phenoxy) is 1. The first-order valence-electron chi connectivity index (χ1n) is 9.72. The number of methoxy groups -OCH3 is 1. The van der Waals surface area contributed by atoms with Crippen molar-refractivity contribution in [2.24, 2.45) is 0 Å². The van der Waals surface area contributed by atoms with Crippen molar-refractivity contribution in [3.8, 4) is 34.4 Å². The summed E-state index contributed by atoms with van der Waals surface area (Å²) in [5.74, 6) is 1.34. The average Bonchev–Trinajstić information content (AvgIpc) is 3.30. The number of para-hydroxylation sites is 1. The van der Waals surface area contributed by atoms with Crippen molar-refractivity contribution >= 4 is 10.8 Å². The normalized spacial score (nSPS) is 11.0. The van der Waals surface area contributed by atoms with Crippen LogP contribution in [-0.4, -0.2) is 27.0 Å². The molecule has 0 bridgehead atoms. The smallest absolute Gasteiger partial charge is 0.279 e. The predicted octanol–water partition coefficient (Wildman–Crippen LogP) is 4.42. The molecule has 0 N–H and O–H groups in total. The van der Waals surface area contributed by atoms with Crippen LogP contribution in [0.15, 0.2) is 82.1 Å². The molecule has 5 rings (SSSR count). The second kappa shape index (κ2) is 7.53. The summed E-state index contributed by atoms with van der Waals surface area (Å²) >= 11 is 0. The van der Waals surface area contributed by atoms with Crippen molar-refractivity contribution in [3.05, 3.63) is 88.7 Å². The zero-order chi connectivity index (χ0) is 21.4. The van der Waals surface area contributed by atoms with E-state index in [1.165, 1.54) is 4.68 Å². The van der Waals surface area contributed by atoms with Crippen LogP contribution in [0.2, 0.25) is 0 Å². The topological polar surface area (TPSA) is 83.0 Å². The Labute approximate surface area is 177 Å². The largest absolute Gasteiger partial charge is 0.497 e. The Kier molecular flexibility index (Phi) is 4.55. The van der Waals surface area contributed by atoms with Gasteiger partial charge in [-0.15, -0.1) is 0 Å². The summed E-state index contributed by atoms with van der Waals surface area (Å²) in [4.78, 5) is 17.7. The summed E-state index contributed by atoms with van der Waals surface area (Å²) in [7, 11) is 1.60. The van der Waals surface area contributed by atoms with E-state index in [-0.39, 0.29) is 11.4 Å². The second-order valence-corrected chi connectivity index (χ2v) is 7.05. The van der Waals surface area contributed by atoms with Gasteiger partial charge in [0, 0.05) is 10.9 Å². The Bertz CT molecular complexity index is 1470. The molecule has 0 saturated carbocycles. The van der Waals surface area contributed by atoms with Gasteiger partial charge < -0.3 is 9.26 Å². The van der Waals surface area contributed by atoms with Gasteiger partial charge in [-0.1, -0.05) is 53.7 Å². The molecule has 0 amide bonds. The lowest BCUT2D eigenvalue weighted by Gasteiger charge is -2.11. The fourth-order valence-electron chi connectivity index (χ4n) is 3.51. The molecule has 0 atom stereocenters. The SMILES string of the molecule is COc1cccc(-c2noc(-c3nn(-c4ccccc4C)c(=O)c4ccccc34)n2)c1. The molecule has 0 saturated heterocycles. The van der Waals surface area contributed by atoms with Crippen LogP contribution < -0.4 is 10.3 Å². The minimum atomic E-state index is -0.207. The first-order valence-corrected chi connectivity index (χ1v) is 9.72. The van der Waals surface area contributed by atoms with Crippen LogP contribution in [0, 0.1) is 6.92 Å². The number of aryl methyl sites for hydroxylation is 1. The fourth-order valence-corrected chi connectivity index (χ4v) is 3.51. The van der Waals surface area contributed by atoms with Crippen molar-refractivity contribution in [1.29, 1.82) is 0 Å². The van der Waals surface area contributed by atoms with Gasteiger partial charge in [-0.2, -0.15) is 14.8 Å². The van der Waals surface area contributed by atoms with E-state index in [4.69, 9.17) is 9.26 Å². The van der Waals surface area contributed by atoms with E-state index >= 15 is 0 Å². The van der Waals surface area contributed by atoms with Gasteiger partial charge in [0.15, 0.2) is 5.69 Å². The molecule has 0 aliphatic heterocycles.